The van der Waals surface area contributed by atoms with Crippen molar-refractivity contribution in [3.8, 4) is 5.75 Å². The van der Waals surface area contributed by atoms with E-state index in [9.17, 15) is 14.7 Å². The minimum atomic E-state index is -0.920. The summed E-state index contributed by atoms with van der Waals surface area (Å²) in [6, 6.07) is 6.14. The van der Waals surface area contributed by atoms with Gasteiger partial charge in [-0.3, -0.25) is 14.5 Å². The average molecular weight is 291 g/mol. The second-order valence-electron chi connectivity index (χ2n) is 5.18. The normalized spacial score (nSPS) is 16.6. The number of hydrogen-bond donors (Lipinski definition) is 1. The van der Waals surface area contributed by atoms with Gasteiger partial charge in [-0.25, -0.2) is 0 Å². The van der Waals surface area contributed by atoms with E-state index in [4.69, 9.17) is 4.74 Å². The minimum absolute atomic E-state index is 0.0172. The number of carboxylic acid groups (broad SMARTS) is 1. The number of ether oxygens (including phenoxy) is 1. The Morgan fingerprint density at radius 3 is 2.38 bits per heavy atom. The molecule has 0 bridgehead atoms. The van der Waals surface area contributed by atoms with E-state index in [1.807, 2.05) is 11.8 Å². The Hall–Kier alpha value is -1.88. The second kappa shape index (κ2) is 7.22. The van der Waals surface area contributed by atoms with Gasteiger partial charge in [0.25, 0.3) is 0 Å². The Kier molecular flexibility index (Phi) is 5.33. The number of carboxylic acids is 1. The van der Waals surface area contributed by atoms with Crippen LogP contribution in [0.3, 0.4) is 0 Å². The van der Waals surface area contributed by atoms with Crippen molar-refractivity contribution in [2.75, 3.05) is 19.7 Å². The lowest BCUT2D eigenvalue weighted by atomic mass is 10.0. The van der Waals surface area contributed by atoms with Crippen LogP contribution < -0.4 is 4.74 Å². The molecule has 1 aromatic rings. The molecular weight excluding hydrogens is 270 g/mol. The maximum atomic E-state index is 12.3. The van der Waals surface area contributed by atoms with Crippen LogP contribution in [0.25, 0.3) is 0 Å². The third kappa shape index (κ3) is 4.04. The van der Waals surface area contributed by atoms with E-state index in [1.165, 1.54) is 0 Å². The van der Waals surface area contributed by atoms with Crippen LogP contribution in [0.2, 0.25) is 0 Å². The highest BCUT2D eigenvalue weighted by atomic mass is 16.5. The number of aliphatic carboxylic acids is 1. The number of rotatable bonds is 7. The van der Waals surface area contributed by atoms with Crippen molar-refractivity contribution in [3.05, 3.63) is 29.8 Å². The maximum Gasteiger partial charge on any atom is 0.321 e. The summed E-state index contributed by atoms with van der Waals surface area (Å²) in [6.45, 7) is 3.98. The molecular formula is C16H21NO4. The van der Waals surface area contributed by atoms with Crippen molar-refractivity contribution in [2.45, 2.75) is 32.2 Å². The number of carbonyl (C=O) groups is 2. The SMILES string of the molecule is CCOc1ccc(C(=O)CC(C(=O)O)N2CCCC2)cc1. The van der Waals surface area contributed by atoms with Gasteiger partial charge in [-0.15, -0.1) is 0 Å². The van der Waals surface area contributed by atoms with Gasteiger partial charge in [0.2, 0.25) is 0 Å². The van der Waals surface area contributed by atoms with Crippen LogP contribution in [0.5, 0.6) is 5.75 Å². The third-order valence-electron chi connectivity index (χ3n) is 3.73. The number of likely N-dealkylation sites (tertiary alicyclic amines) is 1. The molecule has 1 N–H and O–H groups in total. The van der Waals surface area contributed by atoms with Gasteiger partial charge in [0.1, 0.15) is 11.8 Å². The lowest BCUT2D eigenvalue weighted by Crippen LogP contribution is -2.40. The number of benzene rings is 1. The smallest absolute Gasteiger partial charge is 0.321 e. The molecule has 1 heterocycles. The topological polar surface area (TPSA) is 66.8 Å². The minimum Gasteiger partial charge on any atom is -0.494 e. The van der Waals surface area contributed by atoms with E-state index < -0.39 is 12.0 Å². The van der Waals surface area contributed by atoms with Crippen molar-refractivity contribution in [1.82, 2.24) is 4.90 Å². The van der Waals surface area contributed by atoms with Gasteiger partial charge in [0.15, 0.2) is 5.78 Å². The highest BCUT2D eigenvalue weighted by Crippen LogP contribution is 2.18. The highest BCUT2D eigenvalue weighted by Gasteiger charge is 2.30. The third-order valence-corrected chi connectivity index (χ3v) is 3.73. The summed E-state index contributed by atoms with van der Waals surface area (Å²) in [5.41, 5.74) is 0.531. The first-order valence-electron chi connectivity index (χ1n) is 7.34. The van der Waals surface area contributed by atoms with Gasteiger partial charge < -0.3 is 9.84 Å². The van der Waals surface area contributed by atoms with Gasteiger partial charge in [-0.2, -0.15) is 0 Å². The van der Waals surface area contributed by atoms with Crippen LogP contribution in [0, 0.1) is 0 Å². The maximum absolute atomic E-state index is 12.3. The van der Waals surface area contributed by atoms with Gasteiger partial charge in [0, 0.05) is 12.0 Å². The molecule has 0 radical (unpaired) electrons. The van der Waals surface area contributed by atoms with E-state index >= 15 is 0 Å². The summed E-state index contributed by atoms with van der Waals surface area (Å²) in [4.78, 5) is 25.5. The van der Waals surface area contributed by atoms with Crippen molar-refractivity contribution >= 4 is 11.8 Å². The van der Waals surface area contributed by atoms with Gasteiger partial charge >= 0.3 is 5.97 Å². The Morgan fingerprint density at radius 2 is 1.86 bits per heavy atom. The summed E-state index contributed by atoms with van der Waals surface area (Å²) < 4.78 is 5.33. The molecule has 0 spiro atoms. The van der Waals surface area contributed by atoms with Crippen LogP contribution >= 0.6 is 0 Å². The molecule has 0 amide bonds. The summed E-state index contributed by atoms with van der Waals surface area (Å²) >= 11 is 0. The molecule has 1 aromatic carbocycles. The van der Waals surface area contributed by atoms with E-state index in [-0.39, 0.29) is 12.2 Å². The summed E-state index contributed by atoms with van der Waals surface area (Å²) in [7, 11) is 0. The van der Waals surface area contributed by atoms with Crippen molar-refractivity contribution in [2.24, 2.45) is 0 Å². The van der Waals surface area contributed by atoms with Gasteiger partial charge in [0.05, 0.1) is 6.61 Å². The summed E-state index contributed by atoms with van der Waals surface area (Å²) in [5, 5.41) is 9.33. The van der Waals surface area contributed by atoms with Crippen molar-refractivity contribution in [1.29, 1.82) is 0 Å². The molecule has 1 unspecified atom stereocenters. The molecule has 0 aromatic heterocycles. The molecule has 114 valence electrons. The first-order chi connectivity index (χ1) is 10.1. The predicted octanol–water partition coefficient (Wildman–Crippen LogP) is 2.21. The number of carbonyl (C=O) groups excluding carboxylic acids is 1. The first kappa shape index (κ1) is 15.5. The highest BCUT2D eigenvalue weighted by molar-refractivity contribution is 5.98. The number of hydrogen-bond acceptors (Lipinski definition) is 4. The Morgan fingerprint density at radius 1 is 1.24 bits per heavy atom. The van der Waals surface area contributed by atoms with Crippen molar-refractivity contribution < 1.29 is 19.4 Å². The van der Waals surface area contributed by atoms with Crippen LogP contribution in [-0.4, -0.2) is 47.5 Å². The summed E-state index contributed by atoms with van der Waals surface area (Å²) in [5.74, 6) is -0.350. The Labute approximate surface area is 124 Å². The van der Waals surface area contributed by atoms with E-state index in [2.05, 4.69) is 0 Å². The fourth-order valence-electron chi connectivity index (χ4n) is 2.62. The molecule has 1 aliphatic rings. The number of Topliss-reactive ketones (excluding diaryl/α,β-unsaturated/α-hetero) is 1. The average Bonchev–Trinajstić information content (AvgIpc) is 2.99. The van der Waals surface area contributed by atoms with Crippen LogP contribution in [0.4, 0.5) is 0 Å². The molecule has 0 saturated carbocycles. The van der Waals surface area contributed by atoms with E-state index in [1.54, 1.807) is 24.3 Å². The molecule has 2 rings (SSSR count). The quantitative estimate of drug-likeness (QED) is 0.780. The van der Waals surface area contributed by atoms with Crippen LogP contribution in [0.15, 0.2) is 24.3 Å². The molecule has 1 fully saturated rings. The number of nitrogens with zero attached hydrogens (tertiary/aromatic N) is 1. The van der Waals surface area contributed by atoms with Crippen LogP contribution in [-0.2, 0) is 4.79 Å². The van der Waals surface area contributed by atoms with Gasteiger partial charge in [-0.05, 0) is 57.1 Å². The van der Waals surface area contributed by atoms with Crippen molar-refractivity contribution in [3.63, 3.8) is 0 Å². The standard InChI is InChI=1S/C16H21NO4/c1-2-21-13-7-5-12(6-8-13)15(18)11-14(16(19)20)17-9-3-4-10-17/h5-8,14H,2-4,9-11H2,1H3,(H,19,20). The second-order valence-corrected chi connectivity index (χ2v) is 5.18. The fourth-order valence-corrected chi connectivity index (χ4v) is 2.62. The van der Waals surface area contributed by atoms with Crippen LogP contribution in [0.1, 0.15) is 36.5 Å². The molecule has 1 saturated heterocycles. The van der Waals surface area contributed by atoms with Gasteiger partial charge in [-0.1, -0.05) is 0 Å². The molecule has 5 nitrogen and oxygen atoms in total. The molecule has 5 heteroatoms. The zero-order valence-electron chi connectivity index (χ0n) is 12.2. The zero-order chi connectivity index (χ0) is 15.2. The zero-order valence-corrected chi connectivity index (χ0v) is 12.2. The molecule has 21 heavy (non-hydrogen) atoms. The van der Waals surface area contributed by atoms with E-state index in [0.717, 1.165) is 25.9 Å². The monoisotopic (exact) mass is 291 g/mol. The molecule has 1 aliphatic heterocycles. The first-order valence-corrected chi connectivity index (χ1v) is 7.34. The Balaban J connectivity index is 2.02. The molecule has 0 aliphatic carbocycles. The lowest BCUT2D eigenvalue weighted by molar-refractivity contribution is -0.142. The molecule has 1 atom stereocenters. The summed E-state index contributed by atoms with van der Waals surface area (Å²) in [6.07, 6.45) is 2.02. The fraction of sp³-hybridized carbons (Fsp3) is 0.500. The lowest BCUT2D eigenvalue weighted by Gasteiger charge is -2.23. The largest absolute Gasteiger partial charge is 0.494 e. The Bertz CT molecular complexity index is 492. The number of ketones is 1. The van der Waals surface area contributed by atoms with E-state index in [0.29, 0.717) is 17.9 Å². The predicted molar refractivity (Wildman–Crippen MR) is 78.8 cm³/mol.